The number of rotatable bonds is 4. The summed E-state index contributed by atoms with van der Waals surface area (Å²) in [4.78, 5) is 12.5. The van der Waals surface area contributed by atoms with Crippen LogP contribution in [-0.2, 0) is 6.42 Å². The molecule has 4 rings (SSSR count). The van der Waals surface area contributed by atoms with Crippen LogP contribution in [0.15, 0.2) is 42.7 Å². The van der Waals surface area contributed by atoms with Crippen molar-refractivity contribution in [3.8, 4) is 11.3 Å². The molecule has 0 radical (unpaired) electrons. The van der Waals surface area contributed by atoms with Crippen LogP contribution in [0, 0.1) is 6.92 Å². The molecule has 0 saturated heterocycles. The van der Waals surface area contributed by atoms with Crippen molar-refractivity contribution in [1.82, 2.24) is 19.4 Å². The number of H-pyrrole nitrogens is 1. The highest BCUT2D eigenvalue weighted by Crippen LogP contribution is 2.25. The predicted octanol–water partition coefficient (Wildman–Crippen LogP) is 3.08. The predicted molar refractivity (Wildman–Crippen MR) is 92.4 cm³/mol. The van der Waals surface area contributed by atoms with Crippen molar-refractivity contribution in [2.75, 3.05) is 6.54 Å². The van der Waals surface area contributed by atoms with Gasteiger partial charge in [0.05, 0.1) is 23.4 Å². The van der Waals surface area contributed by atoms with Crippen molar-refractivity contribution in [3.63, 3.8) is 0 Å². The zero-order valence-corrected chi connectivity index (χ0v) is 13.1. The molecule has 0 aliphatic rings. The molecule has 4 aromatic rings. The highest BCUT2D eigenvalue weighted by Gasteiger charge is 2.11. The minimum atomic E-state index is 0.671. The van der Waals surface area contributed by atoms with Crippen LogP contribution in [0.25, 0.3) is 27.9 Å². The SMILES string of the molecule is Cc1cccc(-c2cc3c(ncc4cnc(CCCN)n43)[nH]2)c1. The number of imidazole rings is 1. The highest BCUT2D eigenvalue weighted by atomic mass is 15.1. The molecule has 3 heterocycles. The van der Waals surface area contributed by atoms with E-state index in [1.807, 2.05) is 12.4 Å². The van der Waals surface area contributed by atoms with E-state index in [9.17, 15) is 0 Å². The van der Waals surface area contributed by atoms with Crippen molar-refractivity contribution in [2.24, 2.45) is 5.73 Å². The second-order valence-corrected chi connectivity index (χ2v) is 5.87. The van der Waals surface area contributed by atoms with Gasteiger partial charge in [-0.05, 0) is 37.6 Å². The summed E-state index contributed by atoms with van der Waals surface area (Å²) >= 11 is 0. The van der Waals surface area contributed by atoms with E-state index in [1.54, 1.807) is 0 Å². The van der Waals surface area contributed by atoms with E-state index in [2.05, 4.69) is 56.6 Å². The molecular weight excluding hydrogens is 286 g/mol. The molecule has 0 aliphatic heterocycles. The molecular formula is C18H19N5. The van der Waals surface area contributed by atoms with Gasteiger partial charge in [0.2, 0.25) is 0 Å². The van der Waals surface area contributed by atoms with Crippen LogP contribution in [0.1, 0.15) is 17.8 Å². The van der Waals surface area contributed by atoms with Crippen LogP contribution >= 0.6 is 0 Å². The maximum absolute atomic E-state index is 5.64. The topological polar surface area (TPSA) is 72.0 Å². The number of aromatic amines is 1. The maximum Gasteiger partial charge on any atom is 0.154 e. The smallest absolute Gasteiger partial charge is 0.154 e. The van der Waals surface area contributed by atoms with Gasteiger partial charge in [-0.3, -0.25) is 4.40 Å². The van der Waals surface area contributed by atoms with Crippen LogP contribution in [0.5, 0.6) is 0 Å². The van der Waals surface area contributed by atoms with Gasteiger partial charge in [0.25, 0.3) is 0 Å². The number of nitrogens with zero attached hydrogens (tertiary/aromatic N) is 3. The third kappa shape index (κ3) is 2.39. The van der Waals surface area contributed by atoms with Crippen LogP contribution in [0.4, 0.5) is 0 Å². The van der Waals surface area contributed by atoms with Gasteiger partial charge in [-0.25, -0.2) is 9.97 Å². The Kier molecular flexibility index (Phi) is 3.35. The Morgan fingerprint density at radius 1 is 1.17 bits per heavy atom. The molecule has 3 N–H and O–H groups in total. The average Bonchev–Trinajstić information content (AvgIpc) is 3.16. The van der Waals surface area contributed by atoms with Crippen molar-refractivity contribution in [2.45, 2.75) is 19.8 Å². The second kappa shape index (κ2) is 5.52. The number of hydrogen-bond donors (Lipinski definition) is 2. The molecule has 23 heavy (non-hydrogen) atoms. The summed E-state index contributed by atoms with van der Waals surface area (Å²) in [5.74, 6) is 1.03. The third-order valence-corrected chi connectivity index (χ3v) is 4.14. The zero-order valence-electron chi connectivity index (χ0n) is 13.1. The Morgan fingerprint density at radius 3 is 2.87 bits per heavy atom. The number of hydrogen-bond acceptors (Lipinski definition) is 3. The van der Waals surface area contributed by atoms with Gasteiger partial charge in [0.15, 0.2) is 5.65 Å². The molecule has 0 spiro atoms. The molecule has 5 nitrogen and oxygen atoms in total. The molecule has 0 bridgehead atoms. The van der Waals surface area contributed by atoms with E-state index >= 15 is 0 Å². The summed E-state index contributed by atoms with van der Waals surface area (Å²) in [5, 5.41) is 0. The zero-order chi connectivity index (χ0) is 15.8. The summed E-state index contributed by atoms with van der Waals surface area (Å²) in [6, 6.07) is 10.6. The molecule has 3 aromatic heterocycles. The van der Waals surface area contributed by atoms with Crippen molar-refractivity contribution in [3.05, 3.63) is 54.1 Å². The molecule has 0 aliphatic carbocycles. The number of aromatic nitrogens is 4. The van der Waals surface area contributed by atoms with Gasteiger partial charge in [0, 0.05) is 12.1 Å². The highest BCUT2D eigenvalue weighted by molar-refractivity contribution is 5.82. The quantitative estimate of drug-likeness (QED) is 0.608. The minimum absolute atomic E-state index is 0.671. The number of fused-ring (bicyclic) bond motifs is 3. The largest absolute Gasteiger partial charge is 0.338 e. The molecule has 116 valence electrons. The molecule has 1 aromatic carbocycles. The monoisotopic (exact) mass is 305 g/mol. The Hall–Kier alpha value is -2.66. The molecule has 0 amide bonds. The van der Waals surface area contributed by atoms with Crippen LogP contribution in [0.2, 0.25) is 0 Å². The summed E-state index contributed by atoms with van der Waals surface area (Å²) < 4.78 is 2.17. The molecule has 0 fully saturated rings. The summed E-state index contributed by atoms with van der Waals surface area (Å²) in [6.45, 7) is 2.77. The number of benzene rings is 1. The molecule has 0 atom stereocenters. The Morgan fingerprint density at radius 2 is 2.04 bits per heavy atom. The first-order chi connectivity index (χ1) is 11.3. The lowest BCUT2D eigenvalue weighted by atomic mass is 10.1. The fraction of sp³-hybridized carbons (Fsp3) is 0.222. The maximum atomic E-state index is 5.64. The summed E-state index contributed by atoms with van der Waals surface area (Å²) in [6.07, 6.45) is 5.53. The van der Waals surface area contributed by atoms with Crippen molar-refractivity contribution in [1.29, 1.82) is 0 Å². The van der Waals surface area contributed by atoms with E-state index in [0.29, 0.717) is 6.54 Å². The van der Waals surface area contributed by atoms with Gasteiger partial charge < -0.3 is 10.7 Å². The minimum Gasteiger partial charge on any atom is -0.338 e. The lowest BCUT2D eigenvalue weighted by Gasteiger charge is -2.01. The number of aryl methyl sites for hydroxylation is 2. The number of nitrogens with two attached hydrogens (primary N) is 1. The third-order valence-electron chi connectivity index (χ3n) is 4.14. The standard InChI is InChI=1S/C18H19N5/c1-12-4-2-5-13(8-12)15-9-16-18(22-15)21-11-14-10-20-17(23(14)16)6-3-7-19/h2,4-5,8-11,22H,3,6-7,19H2,1H3. The van der Waals surface area contributed by atoms with Gasteiger partial charge in [-0.1, -0.05) is 23.8 Å². The van der Waals surface area contributed by atoms with E-state index < -0.39 is 0 Å². The van der Waals surface area contributed by atoms with E-state index in [0.717, 1.165) is 41.0 Å². The lowest BCUT2D eigenvalue weighted by Crippen LogP contribution is -2.03. The first kappa shape index (κ1) is 14.0. The Balaban J connectivity index is 1.90. The van der Waals surface area contributed by atoms with Gasteiger partial charge >= 0.3 is 0 Å². The van der Waals surface area contributed by atoms with Gasteiger partial charge in [-0.2, -0.15) is 0 Å². The molecule has 5 heteroatoms. The normalized spacial score (nSPS) is 11.6. The Bertz CT molecular complexity index is 980. The fourth-order valence-corrected chi connectivity index (χ4v) is 3.01. The van der Waals surface area contributed by atoms with Gasteiger partial charge in [0.1, 0.15) is 5.82 Å². The Labute approximate surface area is 134 Å². The van der Waals surface area contributed by atoms with Gasteiger partial charge in [-0.15, -0.1) is 0 Å². The van der Waals surface area contributed by atoms with Crippen LogP contribution in [0.3, 0.4) is 0 Å². The fourth-order valence-electron chi connectivity index (χ4n) is 3.01. The van der Waals surface area contributed by atoms with Crippen molar-refractivity contribution >= 4 is 16.7 Å². The number of nitrogens with one attached hydrogen (secondary N) is 1. The second-order valence-electron chi connectivity index (χ2n) is 5.87. The van der Waals surface area contributed by atoms with E-state index in [1.165, 1.54) is 11.1 Å². The summed E-state index contributed by atoms with van der Waals surface area (Å²) in [5.41, 5.74) is 12.1. The van der Waals surface area contributed by atoms with E-state index in [-0.39, 0.29) is 0 Å². The van der Waals surface area contributed by atoms with E-state index in [4.69, 9.17) is 5.73 Å². The molecule has 0 saturated carbocycles. The lowest BCUT2D eigenvalue weighted by molar-refractivity contribution is 0.783. The first-order valence-corrected chi connectivity index (χ1v) is 7.87. The summed E-state index contributed by atoms with van der Waals surface area (Å²) in [7, 11) is 0. The van der Waals surface area contributed by atoms with Crippen LogP contribution < -0.4 is 5.73 Å². The van der Waals surface area contributed by atoms with Crippen molar-refractivity contribution < 1.29 is 0 Å². The van der Waals surface area contributed by atoms with Crippen LogP contribution in [-0.4, -0.2) is 25.9 Å². The first-order valence-electron chi connectivity index (χ1n) is 7.87. The average molecular weight is 305 g/mol. The molecule has 0 unspecified atom stereocenters.